The van der Waals surface area contributed by atoms with Gasteiger partial charge in [-0.25, -0.2) is 4.79 Å². The van der Waals surface area contributed by atoms with Crippen LogP contribution >= 0.6 is 11.8 Å². The highest BCUT2D eigenvalue weighted by Gasteiger charge is 2.32. The van der Waals surface area contributed by atoms with Crippen LogP contribution in [0.5, 0.6) is 0 Å². The van der Waals surface area contributed by atoms with Gasteiger partial charge in [0.15, 0.2) is 0 Å². The van der Waals surface area contributed by atoms with Gasteiger partial charge in [-0.3, -0.25) is 10.1 Å². The number of thioether (sulfide) groups is 1. The minimum atomic E-state index is -0.974. The van der Waals surface area contributed by atoms with E-state index in [2.05, 4.69) is 5.32 Å². The second-order valence-corrected chi connectivity index (χ2v) is 6.15. The molecule has 0 saturated carbocycles. The predicted molar refractivity (Wildman–Crippen MR) is 80.9 cm³/mol. The molecule has 0 unspecified atom stereocenters. The third-order valence-corrected chi connectivity index (χ3v) is 4.73. The summed E-state index contributed by atoms with van der Waals surface area (Å²) in [6.07, 6.45) is 0. The van der Waals surface area contributed by atoms with Gasteiger partial charge in [0.2, 0.25) is 0 Å². The van der Waals surface area contributed by atoms with Gasteiger partial charge in [0.05, 0.1) is 5.56 Å². The van der Waals surface area contributed by atoms with E-state index in [9.17, 15) is 9.59 Å². The van der Waals surface area contributed by atoms with Gasteiger partial charge in [0.25, 0.3) is 0 Å². The van der Waals surface area contributed by atoms with Crippen molar-refractivity contribution in [2.75, 3.05) is 6.54 Å². The quantitative estimate of drug-likeness (QED) is 0.795. The van der Waals surface area contributed by atoms with Crippen molar-refractivity contribution < 1.29 is 24.2 Å². The fraction of sp³-hybridized carbons (Fsp3) is 0.200. The molecule has 1 aromatic heterocycles. The smallest absolute Gasteiger partial charge is 0.335 e. The SMILES string of the molecule is O=C(O)c1ccc(-c2ccc([C@@H]3NC[C@@H](C(=O)O)S3)o2)cc1. The van der Waals surface area contributed by atoms with Gasteiger partial charge < -0.3 is 14.6 Å². The molecule has 22 heavy (non-hydrogen) atoms. The van der Waals surface area contributed by atoms with Crippen LogP contribution < -0.4 is 5.32 Å². The van der Waals surface area contributed by atoms with E-state index in [-0.39, 0.29) is 10.9 Å². The number of nitrogens with one attached hydrogen (secondary N) is 1. The Bertz CT molecular complexity index is 709. The second-order valence-electron chi connectivity index (χ2n) is 4.84. The van der Waals surface area contributed by atoms with Crippen LogP contribution in [0.25, 0.3) is 11.3 Å². The normalized spacial score (nSPS) is 20.9. The first kappa shape index (κ1) is 14.7. The third-order valence-electron chi connectivity index (χ3n) is 3.37. The molecule has 6 nitrogen and oxygen atoms in total. The van der Waals surface area contributed by atoms with Crippen LogP contribution in [0.1, 0.15) is 21.5 Å². The first-order valence-corrected chi connectivity index (χ1v) is 7.54. The van der Waals surface area contributed by atoms with Crippen molar-refractivity contribution in [3.05, 3.63) is 47.7 Å². The summed E-state index contributed by atoms with van der Waals surface area (Å²) in [5.74, 6) is -0.534. The Kier molecular flexibility index (Phi) is 3.91. The zero-order valence-electron chi connectivity index (χ0n) is 11.4. The molecule has 0 amide bonds. The van der Waals surface area contributed by atoms with Crippen LogP contribution in [0.2, 0.25) is 0 Å². The molecule has 3 rings (SSSR count). The van der Waals surface area contributed by atoms with Gasteiger partial charge in [0, 0.05) is 12.1 Å². The molecule has 7 heteroatoms. The zero-order chi connectivity index (χ0) is 15.7. The Balaban J connectivity index is 1.76. The van der Waals surface area contributed by atoms with Gasteiger partial charge >= 0.3 is 11.9 Å². The summed E-state index contributed by atoms with van der Waals surface area (Å²) in [7, 11) is 0. The van der Waals surface area contributed by atoms with E-state index in [1.54, 1.807) is 24.3 Å². The standard InChI is InChI=1S/C15H13NO5S/c17-14(18)9-3-1-8(2-4-9)10-5-6-11(21-10)13-16-7-12(22-13)15(19)20/h1-6,12-13,16H,7H2,(H,17,18)(H,19,20)/t12-,13+/m0/s1. The summed E-state index contributed by atoms with van der Waals surface area (Å²) in [5.41, 5.74) is 0.988. The van der Waals surface area contributed by atoms with Crippen molar-refractivity contribution in [3.8, 4) is 11.3 Å². The van der Waals surface area contributed by atoms with Gasteiger partial charge in [-0.2, -0.15) is 0 Å². The summed E-state index contributed by atoms with van der Waals surface area (Å²) < 4.78 is 5.76. The lowest BCUT2D eigenvalue weighted by Crippen LogP contribution is -2.21. The molecule has 1 aliphatic rings. The van der Waals surface area contributed by atoms with Crippen LogP contribution in [0, 0.1) is 0 Å². The maximum absolute atomic E-state index is 11.0. The number of carboxylic acids is 2. The maximum atomic E-state index is 11.0. The number of aliphatic carboxylic acids is 1. The van der Waals surface area contributed by atoms with Crippen molar-refractivity contribution in [2.24, 2.45) is 0 Å². The van der Waals surface area contributed by atoms with E-state index < -0.39 is 17.2 Å². The first-order chi connectivity index (χ1) is 10.5. The number of hydrogen-bond donors (Lipinski definition) is 3. The lowest BCUT2D eigenvalue weighted by molar-refractivity contribution is -0.136. The average molecular weight is 319 g/mol. The highest BCUT2D eigenvalue weighted by atomic mass is 32.2. The highest BCUT2D eigenvalue weighted by molar-refractivity contribution is 8.01. The minimum absolute atomic E-state index is 0.187. The molecule has 3 N–H and O–H groups in total. The van der Waals surface area contributed by atoms with Crippen molar-refractivity contribution in [3.63, 3.8) is 0 Å². The van der Waals surface area contributed by atoms with Gasteiger partial charge in [0.1, 0.15) is 22.1 Å². The molecule has 2 aromatic rings. The Morgan fingerprint density at radius 2 is 1.86 bits per heavy atom. The lowest BCUT2D eigenvalue weighted by Gasteiger charge is -2.05. The van der Waals surface area contributed by atoms with Crippen LogP contribution in [-0.2, 0) is 4.79 Å². The van der Waals surface area contributed by atoms with E-state index >= 15 is 0 Å². The molecule has 114 valence electrons. The van der Waals surface area contributed by atoms with E-state index in [0.717, 1.165) is 5.56 Å². The molecule has 1 aliphatic heterocycles. The van der Waals surface area contributed by atoms with Crippen LogP contribution in [0.15, 0.2) is 40.8 Å². The molecule has 1 aromatic carbocycles. The number of carboxylic acid groups (broad SMARTS) is 2. The Labute approximate surface area is 130 Å². The van der Waals surface area contributed by atoms with Crippen LogP contribution in [-0.4, -0.2) is 33.9 Å². The lowest BCUT2D eigenvalue weighted by atomic mass is 10.1. The van der Waals surface area contributed by atoms with E-state index in [1.165, 1.54) is 23.9 Å². The molecule has 0 bridgehead atoms. The zero-order valence-corrected chi connectivity index (χ0v) is 12.2. The van der Waals surface area contributed by atoms with Crippen LogP contribution in [0.3, 0.4) is 0 Å². The summed E-state index contributed by atoms with van der Waals surface area (Å²) in [6, 6.07) is 9.99. The largest absolute Gasteiger partial charge is 0.480 e. The van der Waals surface area contributed by atoms with Crippen molar-refractivity contribution in [1.29, 1.82) is 0 Å². The number of rotatable bonds is 4. The molecule has 0 aliphatic carbocycles. The van der Waals surface area contributed by atoms with Crippen molar-refractivity contribution in [1.82, 2.24) is 5.32 Å². The molecule has 1 saturated heterocycles. The van der Waals surface area contributed by atoms with Gasteiger partial charge in [-0.15, -0.1) is 11.8 Å². The van der Waals surface area contributed by atoms with Gasteiger partial charge in [-0.1, -0.05) is 12.1 Å². The van der Waals surface area contributed by atoms with E-state index in [4.69, 9.17) is 14.6 Å². The number of aromatic carboxylic acids is 1. The number of hydrogen-bond acceptors (Lipinski definition) is 5. The Morgan fingerprint density at radius 3 is 2.45 bits per heavy atom. The Morgan fingerprint density at radius 1 is 1.14 bits per heavy atom. The average Bonchev–Trinajstić information content (AvgIpc) is 3.16. The summed E-state index contributed by atoms with van der Waals surface area (Å²) >= 11 is 1.30. The fourth-order valence-corrected chi connectivity index (χ4v) is 3.30. The molecule has 1 fully saturated rings. The van der Waals surface area contributed by atoms with Crippen molar-refractivity contribution in [2.45, 2.75) is 10.6 Å². The minimum Gasteiger partial charge on any atom is -0.480 e. The van der Waals surface area contributed by atoms with Crippen molar-refractivity contribution >= 4 is 23.7 Å². The number of furan rings is 1. The maximum Gasteiger partial charge on any atom is 0.335 e. The molecule has 0 radical (unpaired) electrons. The predicted octanol–water partition coefficient (Wildman–Crippen LogP) is 2.43. The fourth-order valence-electron chi connectivity index (χ4n) is 2.21. The van der Waals surface area contributed by atoms with E-state index in [0.29, 0.717) is 18.1 Å². The third kappa shape index (κ3) is 2.86. The van der Waals surface area contributed by atoms with Crippen LogP contribution in [0.4, 0.5) is 0 Å². The molecule has 0 spiro atoms. The topological polar surface area (TPSA) is 99.8 Å². The molecule has 2 atom stereocenters. The Hall–Kier alpha value is -2.25. The summed E-state index contributed by atoms with van der Waals surface area (Å²) in [6.45, 7) is 0.397. The molecular formula is C15H13NO5S. The highest BCUT2D eigenvalue weighted by Crippen LogP contribution is 2.37. The molecule has 2 heterocycles. The monoisotopic (exact) mass is 319 g/mol. The van der Waals surface area contributed by atoms with Gasteiger partial charge in [-0.05, 0) is 24.3 Å². The number of benzene rings is 1. The summed E-state index contributed by atoms with van der Waals surface area (Å²) in [4.78, 5) is 21.8. The summed E-state index contributed by atoms with van der Waals surface area (Å²) in [5, 5.41) is 20.3. The first-order valence-electron chi connectivity index (χ1n) is 6.59. The molecular weight excluding hydrogens is 306 g/mol. The second kappa shape index (κ2) is 5.86. The number of carbonyl (C=O) groups is 2. The van der Waals surface area contributed by atoms with E-state index in [1.807, 2.05) is 0 Å².